The highest BCUT2D eigenvalue weighted by Gasteiger charge is 2.16. The maximum atomic E-state index is 10.8. The molecule has 0 unspecified atom stereocenters. The molecule has 0 saturated carbocycles. The third-order valence-corrected chi connectivity index (χ3v) is 2.69. The van der Waals surface area contributed by atoms with Crippen LogP contribution in [-0.2, 0) is 0 Å². The monoisotopic (exact) mass is 265 g/mol. The predicted molar refractivity (Wildman–Crippen MR) is 66.1 cm³/mol. The molecular formula is C10H8ClN5O2. The van der Waals surface area contributed by atoms with Crippen LogP contribution in [0.5, 0.6) is 0 Å². The molecular weight excluding hydrogens is 258 g/mol. The van der Waals surface area contributed by atoms with Crippen LogP contribution in [0.4, 0.5) is 11.5 Å². The summed E-state index contributed by atoms with van der Waals surface area (Å²) in [5.41, 5.74) is 6.34. The van der Waals surface area contributed by atoms with E-state index in [0.717, 1.165) is 0 Å². The quantitative estimate of drug-likeness (QED) is 0.657. The van der Waals surface area contributed by atoms with Crippen molar-refractivity contribution < 1.29 is 4.92 Å². The molecule has 1 aromatic carbocycles. The van der Waals surface area contributed by atoms with Crippen molar-refractivity contribution in [2.24, 2.45) is 0 Å². The number of rotatable bonds is 2. The fraction of sp³-hybridized carbons (Fsp3) is 0.100. The van der Waals surface area contributed by atoms with Crippen LogP contribution in [0.2, 0.25) is 5.15 Å². The van der Waals surface area contributed by atoms with Gasteiger partial charge in [-0.3, -0.25) is 10.1 Å². The molecule has 0 fully saturated rings. The minimum Gasteiger partial charge on any atom is -0.380 e. The van der Waals surface area contributed by atoms with Crippen LogP contribution < -0.4 is 5.73 Å². The number of nitrogens with zero attached hydrogens (tertiary/aromatic N) is 4. The third kappa shape index (κ3) is 2.07. The van der Waals surface area contributed by atoms with Crippen molar-refractivity contribution in [3.05, 3.63) is 39.0 Å². The summed E-state index contributed by atoms with van der Waals surface area (Å²) in [5, 5.41) is 18.3. The number of benzene rings is 1. The molecule has 0 radical (unpaired) electrons. The van der Waals surface area contributed by atoms with E-state index in [-0.39, 0.29) is 22.5 Å². The number of nitrogen functional groups attached to an aromatic ring is 1. The van der Waals surface area contributed by atoms with Gasteiger partial charge < -0.3 is 5.73 Å². The average molecular weight is 266 g/mol. The van der Waals surface area contributed by atoms with Crippen molar-refractivity contribution in [2.75, 3.05) is 5.73 Å². The topological polar surface area (TPSA) is 108 Å². The lowest BCUT2D eigenvalue weighted by Gasteiger charge is -2.05. The van der Waals surface area contributed by atoms with Crippen molar-refractivity contribution in [1.82, 2.24) is 15.2 Å². The molecule has 18 heavy (non-hydrogen) atoms. The van der Waals surface area contributed by atoms with Gasteiger partial charge in [0.15, 0.2) is 16.8 Å². The van der Waals surface area contributed by atoms with Gasteiger partial charge in [0.2, 0.25) is 0 Å². The molecule has 0 saturated heterocycles. The number of hydrogen-bond donors (Lipinski definition) is 1. The molecule has 0 amide bonds. The Morgan fingerprint density at radius 1 is 1.39 bits per heavy atom. The second-order valence-corrected chi connectivity index (χ2v) is 3.88. The predicted octanol–water partition coefficient (Wildman–Crippen LogP) is 1.99. The summed E-state index contributed by atoms with van der Waals surface area (Å²) < 4.78 is 0. The van der Waals surface area contributed by atoms with Crippen molar-refractivity contribution >= 4 is 23.1 Å². The van der Waals surface area contributed by atoms with Crippen LogP contribution in [0.1, 0.15) is 5.56 Å². The van der Waals surface area contributed by atoms with Gasteiger partial charge in [0.1, 0.15) is 0 Å². The number of anilines is 1. The molecule has 0 bridgehead atoms. The number of halogens is 1. The summed E-state index contributed by atoms with van der Waals surface area (Å²) in [6.45, 7) is 1.61. The molecule has 0 spiro atoms. The van der Waals surface area contributed by atoms with Gasteiger partial charge in [-0.05, 0) is 6.92 Å². The normalized spacial score (nSPS) is 10.3. The number of nitro groups is 1. The lowest BCUT2D eigenvalue weighted by atomic mass is 10.1. The van der Waals surface area contributed by atoms with Gasteiger partial charge in [0, 0.05) is 17.2 Å². The van der Waals surface area contributed by atoms with E-state index in [1.165, 1.54) is 6.07 Å². The molecule has 7 nitrogen and oxygen atoms in total. The first-order valence-electron chi connectivity index (χ1n) is 4.90. The Morgan fingerprint density at radius 2 is 2.11 bits per heavy atom. The van der Waals surface area contributed by atoms with E-state index >= 15 is 0 Å². The average Bonchev–Trinajstić information content (AvgIpc) is 2.33. The highest BCUT2D eigenvalue weighted by atomic mass is 35.5. The Balaban J connectivity index is 2.60. The van der Waals surface area contributed by atoms with Crippen molar-refractivity contribution in [3.63, 3.8) is 0 Å². The van der Waals surface area contributed by atoms with Crippen LogP contribution in [0.15, 0.2) is 18.2 Å². The highest BCUT2D eigenvalue weighted by Crippen LogP contribution is 2.28. The number of aromatic nitrogens is 3. The molecule has 1 heterocycles. The van der Waals surface area contributed by atoms with E-state index in [4.69, 9.17) is 17.3 Å². The largest absolute Gasteiger partial charge is 0.380 e. The van der Waals surface area contributed by atoms with Crippen LogP contribution in [0.25, 0.3) is 11.4 Å². The van der Waals surface area contributed by atoms with Gasteiger partial charge in [0.25, 0.3) is 5.69 Å². The zero-order valence-corrected chi connectivity index (χ0v) is 10.0. The van der Waals surface area contributed by atoms with Gasteiger partial charge in [-0.2, -0.15) is 0 Å². The SMILES string of the molecule is Cc1c(-c2nnc(N)c(Cl)n2)cccc1[N+](=O)[O-]. The van der Waals surface area contributed by atoms with E-state index in [2.05, 4.69) is 15.2 Å². The second kappa shape index (κ2) is 4.53. The lowest BCUT2D eigenvalue weighted by molar-refractivity contribution is -0.385. The Kier molecular flexibility index (Phi) is 3.07. The van der Waals surface area contributed by atoms with E-state index in [0.29, 0.717) is 11.1 Å². The van der Waals surface area contributed by atoms with E-state index in [1.54, 1.807) is 19.1 Å². The third-order valence-electron chi connectivity index (χ3n) is 2.41. The number of hydrogen-bond acceptors (Lipinski definition) is 6. The molecule has 92 valence electrons. The number of nitrogens with two attached hydrogens (primary N) is 1. The first-order valence-corrected chi connectivity index (χ1v) is 5.28. The molecule has 2 rings (SSSR count). The highest BCUT2D eigenvalue weighted by molar-refractivity contribution is 6.31. The molecule has 0 aliphatic carbocycles. The van der Waals surface area contributed by atoms with Crippen LogP contribution in [-0.4, -0.2) is 20.1 Å². The smallest absolute Gasteiger partial charge is 0.273 e. The van der Waals surface area contributed by atoms with Crippen LogP contribution >= 0.6 is 11.6 Å². The van der Waals surface area contributed by atoms with Gasteiger partial charge in [-0.25, -0.2) is 4.98 Å². The van der Waals surface area contributed by atoms with E-state index in [1.807, 2.05) is 0 Å². The molecule has 0 aliphatic rings. The molecule has 2 N–H and O–H groups in total. The first-order chi connectivity index (χ1) is 8.50. The van der Waals surface area contributed by atoms with Crippen molar-refractivity contribution in [3.8, 4) is 11.4 Å². The van der Waals surface area contributed by atoms with Gasteiger partial charge >= 0.3 is 0 Å². The maximum absolute atomic E-state index is 10.8. The Bertz CT molecular complexity index is 632. The van der Waals surface area contributed by atoms with E-state index < -0.39 is 4.92 Å². The zero-order valence-electron chi connectivity index (χ0n) is 9.29. The fourth-order valence-electron chi connectivity index (χ4n) is 1.49. The number of nitro benzene ring substituents is 1. The summed E-state index contributed by atoms with van der Waals surface area (Å²) in [4.78, 5) is 14.3. The minimum atomic E-state index is -0.467. The summed E-state index contributed by atoms with van der Waals surface area (Å²) in [6, 6.07) is 4.62. The Morgan fingerprint density at radius 3 is 2.72 bits per heavy atom. The van der Waals surface area contributed by atoms with E-state index in [9.17, 15) is 10.1 Å². The molecule has 2 aromatic rings. The summed E-state index contributed by atoms with van der Waals surface area (Å²) in [7, 11) is 0. The van der Waals surface area contributed by atoms with Crippen LogP contribution in [0.3, 0.4) is 0 Å². The zero-order chi connectivity index (χ0) is 13.3. The first kappa shape index (κ1) is 12.2. The van der Waals surface area contributed by atoms with Gasteiger partial charge in [0.05, 0.1) is 4.92 Å². The fourth-order valence-corrected chi connectivity index (χ4v) is 1.61. The second-order valence-electron chi connectivity index (χ2n) is 3.52. The molecule has 8 heteroatoms. The van der Waals surface area contributed by atoms with Crippen molar-refractivity contribution in [1.29, 1.82) is 0 Å². The summed E-state index contributed by atoms with van der Waals surface area (Å²) in [5.74, 6) is 0.221. The maximum Gasteiger partial charge on any atom is 0.273 e. The Hall–Kier alpha value is -2.28. The standard InChI is InChI=1S/C10H8ClN5O2/c1-5-6(3-2-4-7(5)16(17)18)10-13-8(11)9(12)14-15-10/h2-4H,1H3,(H2,12,14). The van der Waals surface area contributed by atoms with Crippen LogP contribution in [0, 0.1) is 17.0 Å². The van der Waals surface area contributed by atoms with Gasteiger partial charge in [-0.15, -0.1) is 10.2 Å². The minimum absolute atomic E-state index is 0.0101. The molecule has 0 aliphatic heterocycles. The van der Waals surface area contributed by atoms with Gasteiger partial charge in [-0.1, -0.05) is 23.7 Å². The lowest BCUT2D eigenvalue weighted by Crippen LogP contribution is -2.01. The molecule has 1 aromatic heterocycles. The Labute approximate surface area is 107 Å². The summed E-state index contributed by atoms with van der Waals surface area (Å²) >= 11 is 5.75. The van der Waals surface area contributed by atoms with Crippen molar-refractivity contribution in [2.45, 2.75) is 6.92 Å². The molecule has 0 atom stereocenters. The summed E-state index contributed by atoms with van der Waals surface area (Å²) in [6.07, 6.45) is 0.